The van der Waals surface area contributed by atoms with Crippen LogP contribution < -0.4 is 4.72 Å². The van der Waals surface area contributed by atoms with Gasteiger partial charge in [0.05, 0.1) is 4.90 Å². The number of hydrogen-bond donors (Lipinski definition) is 1. The van der Waals surface area contributed by atoms with E-state index in [9.17, 15) is 16.8 Å². The lowest BCUT2D eigenvalue weighted by atomic mass is 10.1. The normalized spacial score (nSPS) is 17.4. The van der Waals surface area contributed by atoms with Crippen LogP contribution in [0.15, 0.2) is 50.9 Å². The Bertz CT molecular complexity index is 928. The van der Waals surface area contributed by atoms with Gasteiger partial charge in [0.25, 0.3) is 0 Å². The summed E-state index contributed by atoms with van der Waals surface area (Å²) < 4.78 is 54.5. The third-order valence-corrected chi connectivity index (χ3v) is 9.34. The summed E-state index contributed by atoms with van der Waals surface area (Å²) in [6.45, 7) is 2.62. The number of thiophene rings is 1. The molecule has 1 aliphatic rings. The number of hydrogen-bond acceptors (Lipinski definition) is 5. The second kappa shape index (κ2) is 7.77. The number of aryl methyl sites for hydroxylation is 1. The van der Waals surface area contributed by atoms with Crippen LogP contribution in [0.5, 0.6) is 0 Å². The highest BCUT2D eigenvalue weighted by Crippen LogP contribution is 2.23. The summed E-state index contributed by atoms with van der Waals surface area (Å²) in [7, 11) is -7.07. The molecule has 6 nitrogen and oxygen atoms in total. The summed E-state index contributed by atoms with van der Waals surface area (Å²) in [4.78, 5) is 0.285. The van der Waals surface area contributed by atoms with E-state index in [0.29, 0.717) is 25.9 Å². The minimum Gasteiger partial charge on any atom is -0.207 e. The van der Waals surface area contributed by atoms with E-state index in [2.05, 4.69) is 4.72 Å². The van der Waals surface area contributed by atoms with Crippen molar-refractivity contribution in [1.29, 1.82) is 0 Å². The van der Waals surface area contributed by atoms with Crippen molar-refractivity contribution in [2.24, 2.45) is 0 Å². The van der Waals surface area contributed by atoms with Gasteiger partial charge in [0.2, 0.25) is 20.0 Å². The van der Waals surface area contributed by atoms with Gasteiger partial charge in [-0.15, -0.1) is 11.3 Å². The van der Waals surface area contributed by atoms with Crippen molar-refractivity contribution >= 4 is 31.4 Å². The summed E-state index contributed by atoms with van der Waals surface area (Å²) in [6, 6.07) is 9.93. The molecule has 1 N–H and O–H groups in total. The van der Waals surface area contributed by atoms with Crippen LogP contribution in [-0.2, 0) is 26.5 Å². The number of rotatable bonds is 6. The van der Waals surface area contributed by atoms with Gasteiger partial charge in [-0.05, 0) is 48.4 Å². The first-order chi connectivity index (χ1) is 12.3. The van der Waals surface area contributed by atoms with Gasteiger partial charge in [0.1, 0.15) is 4.21 Å². The van der Waals surface area contributed by atoms with Crippen molar-refractivity contribution in [3.05, 3.63) is 47.3 Å². The molecule has 1 fully saturated rings. The predicted molar refractivity (Wildman–Crippen MR) is 102 cm³/mol. The molecule has 2 aromatic rings. The molecule has 0 bridgehead atoms. The van der Waals surface area contributed by atoms with Gasteiger partial charge in [0.15, 0.2) is 0 Å². The largest absolute Gasteiger partial charge is 0.250 e. The number of piperidine rings is 1. The van der Waals surface area contributed by atoms with Gasteiger partial charge in [-0.3, -0.25) is 0 Å². The molecule has 1 aromatic heterocycles. The van der Waals surface area contributed by atoms with E-state index in [0.717, 1.165) is 12.0 Å². The summed E-state index contributed by atoms with van der Waals surface area (Å²) in [5.74, 6) is 0. The van der Waals surface area contributed by atoms with Crippen molar-refractivity contribution in [3.63, 3.8) is 0 Å². The topological polar surface area (TPSA) is 83.6 Å². The van der Waals surface area contributed by atoms with E-state index in [1.807, 2.05) is 19.1 Å². The van der Waals surface area contributed by atoms with Gasteiger partial charge < -0.3 is 0 Å². The fourth-order valence-electron chi connectivity index (χ4n) is 2.95. The zero-order valence-corrected chi connectivity index (χ0v) is 16.9. The SMILES string of the molecule is CCc1ccc(S(=O)(=O)N2CCC(NS(=O)(=O)c3cccs3)CC2)cc1. The molecular weight excluding hydrogens is 392 g/mol. The maximum Gasteiger partial charge on any atom is 0.250 e. The zero-order valence-electron chi connectivity index (χ0n) is 14.5. The maximum absolute atomic E-state index is 12.8. The van der Waals surface area contributed by atoms with E-state index in [1.165, 1.54) is 15.6 Å². The van der Waals surface area contributed by atoms with E-state index in [1.54, 1.807) is 29.6 Å². The Hall–Kier alpha value is -1.26. The van der Waals surface area contributed by atoms with Crippen LogP contribution in [0.4, 0.5) is 0 Å². The van der Waals surface area contributed by atoms with Crippen molar-refractivity contribution in [2.75, 3.05) is 13.1 Å². The first kappa shape index (κ1) is 19.5. The van der Waals surface area contributed by atoms with Crippen molar-refractivity contribution in [2.45, 2.75) is 41.3 Å². The van der Waals surface area contributed by atoms with Crippen LogP contribution in [0.3, 0.4) is 0 Å². The number of benzene rings is 1. The van der Waals surface area contributed by atoms with Crippen molar-refractivity contribution in [3.8, 4) is 0 Å². The first-order valence-corrected chi connectivity index (χ1v) is 12.3. The van der Waals surface area contributed by atoms with Crippen LogP contribution >= 0.6 is 11.3 Å². The molecule has 1 saturated heterocycles. The fraction of sp³-hybridized carbons (Fsp3) is 0.412. The Kier molecular flexibility index (Phi) is 5.83. The monoisotopic (exact) mass is 414 g/mol. The second-order valence-corrected chi connectivity index (χ2v) is 11.1. The standard InChI is InChI=1S/C17H22N2O4S3/c1-2-14-5-7-16(8-6-14)26(22,23)19-11-9-15(10-12-19)18-25(20,21)17-4-3-13-24-17/h3-8,13,15,18H,2,9-12H2,1H3. The number of nitrogens with one attached hydrogen (secondary N) is 1. The van der Waals surface area contributed by atoms with Gasteiger partial charge >= 0.3 is 0 Å². The van der Waals surface area contributed by atoms with Gasteiger partial charge in [-0.25, -0.2) is 21.6 Å². The molecule has 0 amide bonds. The molecule has 0 atom stereocenters. The smallest absolute Gasteiger partial charge is 0.207 e. The highest BCUT2D eigenvalue weighted by molar-refractivity contribution is 7.91. The summed E-state index contributed by atoms with van der Waals surface area (Å²) >= 11 is 1.17. The lowest BCUT2D eigenvalue weighted by Crippen LogP contribution is -2.46. The van der Waals surface area contributed by atoms with Crippen LogP contribution in [0.2, 0.25) is 0 Å². The molecule has 26 heavy (non-hydrogen) atoms. The molecule has 3 rings (SSSR count). The highest BCUT2D eigenvalue weighted by Gasteiger charge is 2.31. The molecule has 0 aliphatic carbocycles. The fourth-order valence-corrected chi connectivity index (χ4v) is 6.74. The number of nitrogens with zero attached hydrogens (tertiary/aromatic N) is 1. The van der Waals surface area contributed by atoms with E-state index < -0.39 is 20.0 Å². The van der Waals surface area contributed by atoms with E-state index in [-0.39, 0.29) is 15.1 Å². The minimum absolute atomic E-state index is 0.254. The number of sulfonamides is 2. The molecule has 9 heteroatoms. The molecule has 2 heterocycles. The van der Waals surface area contributed by atoms with Gasteiger partial charge in [0, 0.05) is 19.1 Å². The zero-order chi connectivity index (χ0) is 18.8. The van der Waals surface area contributed by atoms with E-state index >= 15 is 0 Å². The summed E-state index contributed by atoms with van der Waals surface area (Å²) in [5, 5.41) is 1.72. The quantitative estimate of drug-likeness (QED) is 0.787. The first-order valence-electron chi connectivity index (χ1n) is 8.48. The van der Waals surface area contributed by atoms with Gasteiger partial charge in [-0.1, -0.05) is 25.1 Å². The van der Waals surface area contributed by atoms with Crippen LogP contribution in [0.1, 0.15) is 25.3 Å². The molecule has 142 valence electrons. The molecule has 0 spiro atoms. The van der Waals surface area contributed by atoms with Crippen molar-refractivity contribution in [1.82, 2.24) is 9.03 Å². The Morgan fingerprint density at radius 3 is 2.27 bits per heavy atom. The molecule has 1 aromatic carbocycles. The Morgan fingerprint density at radius 2 is 1.73 bits per heavy atom. The molecular formula is C17H22N2O4S3. The molecule has 0 radical (unpaired) electrons. The second-order valence-electron chi connectivity index (χ2n) is 6.23. The lowest BCUT2D eigenvalue weighted by Gasteiger charge is -2.31. The molecule has 1 aliphatic heterocycles. The maximum atomic E-state index is 12.8. The average molecular weight is 415 g/mol. The van der Waals surface area contributed by atoms with E-state index in [4.69, 9.17) is 0 Å². The Labute approximate surface area is 159 Å². The Balaban J connectivity index is 1.64. The average Bonchev–Trinajstić information content (AvgIpc) is 3.18. The third-order valence-electron chi connectivity index (χ3n) is 4.51. The summed E-state index contributed by atoms with van der Waals surface area (Å²) in [5.41, 5.74) is 1.09. The minimum atomic E-state index is -3.54. The van der Waals surface area contributed by atoms with Gasteiger partial charge in [-0.2, -0.15) is 4.31 Å². The van der Waals surface area contributed by atoms with Crippen LogP contribution in [0.25, 0.3) is 0 Å². The Morgan fingerprint density at radius 1 is 1.08 bits per heavy atom. The predicted octanol–water partition coefficient (Wildman–Crippen LogP) is 2.44. The lowest BCUT2D eigenvalue weighted by molar-refractivity contribution is 0.308. The van der Waals surface area contributed by atoms with Crippen LogP contribution in [-0.4, -0.2) is 40.3 Å². The summed E-state index contributed by atoms with van der Waals surface area (Å²) in [6.07, 6.45) is 1.77. The third kappa shape index (κ3) is 4.17. The molecule has 0 unspecified atom stereocenters. The van der Waals surface area contributed by atoms with Crippen molar-refractivity contribution < 1.29 is 16.8 Å². The molecule has 0 saturated carbocycles. The van der Waals surface area contributed by atoms with Crippen LogP contribution in [0, 0.1) is 0 Å². The highest BCUT2D eigenvalue weighted by atomic mass is 32.2.